The molecule has 24 heavy (non-hydrogen) atoms. The lowest BCUT2D eigenvalue weighted by atomic mass is 10.1. The first kappa shape index (κ1) is 18.1. The molecule has 0 atom stereocenters. The number of hydrogen-bond acceptors (Lipinski definition) is 4. The van der Waals surface area contributed by atoms with Gasteiger partial charge in [-0.25, -0.2) is 4.79 Å². The van der Waals surface area contributed by atoms with Crippen LogP contribution in [0.4, 0.5) is 5.69 Å². The molecule has 126 valence electrons. The van der Waals surface area contributed by atoms with Crippen molar-refractivity contribution in [1.29, 1.82) is 0 Å². The maximum Gasteiger partial charge on any atom is 0.340 e. The van der Waals surface area contributed by atoms with Crippen molar-refractivity contribution in [2.45, 2.75) is 25.2 Å². The Hall–Kier alpha value is -2.27. The molecule has 2 aromatic rings. The smallest absolute Gasteiger partial charge is 0.340 e. The van der Waals surface area contributed by atoms with Crippen LogP contribution in [0.3, 0.4) is 0 Å². The number of hydrogen-bond donors (Lipinski definition) is 1. The molecule has 0 spiro atoms. The number of esters is 1. The van der Waals surface area contributed by atoms with Gasteiger partial charge in [-0.1, -0.05) is 29.8 Å². The van der Waals surface area contributed by atoms with Gasteiger partial charge in [0.25, 0.3) is 0 Å². The maximum atomic E-state index is 12.1. The molecular weight excluding hydrogens is 322 g/mol. The minimum Gasteiger partial charge on any atom is -0.462 e. The van der Waals surface area contributed by atoms with Crippen molar-refractivity contribution in [3.8, 4) is 0 Å². The van der Waals surface area contributed by atoms with Crippen molar-refractivity contribution in [3.63, 3.8) is 0 Å². The lowest BCUT2D eigenvalue weighted by Crippen LogP contribution is -2.16. The molecule has 0 fully saturated rings. The molecule has 0 radical (unpaired) electrons. The summed E-state index contributed by atoms with van der Waals surface area (Å²) < 4.78 is 5.00. The highest BCUT2D eigenvalue weighted by atomic mass is 32.2. The van der Waals surface area contributed by atoms with E-state index in [0.29, 0.717) is 30.0 Å². The van der Waals surface area contributed by atoms with Gasteiger partial charge >= 0.3 is 5.97 Å². The lowest BCUT2D eigenvalue weighted by molar-refractivity contribution is -0.115. The van der Waals surface area contributed by atoms with E-state index in [4.69, 9.17) is 4.74 Å². The number of benzene rings is 2. The summed E-state index contributed by atoms with van der Waals surface area (Å²) in [5.41, 5.74) is 2.08. The zero-order valence-electron chi connectivity index (χ0n) is 13.9. The molecular formula is C19H21NO3S. The van der Waals surface area contributed by atoms with Crippen LogP contribution in [-0.4, -0.2) is 24.2 Å². The first-order chi connectivity index (χ1) is 11.6. The Bertz CT molecular complexity index is 698. The van der Waals surface area contributed by atoms with Gasteiger partial charge in [-0.15, -0.1) is 11.8 Å². The number of aryl methyl sites for hydroxylation is 1. The summed E-state index contributed by atoms with van der Waals surface area (Å²) >= 11 is 1.63. The average Bonchev–Trinajstić information content (AvgIpc) is 2.57. The van der Waals surface area contributed by atoms with Crippen LogP contribution >= 0.6 is 11.8 Å². The van der Waals surface area contributed by atoms with Crippen molar-refractivity contribution in [3.05, 3.63) is 59.7 Å². The van der Waals surface area contributed by atoms with E-state index in [9.17, 15) is 9.59 Å². The predicted octanol–water partition coefficient (Wildman–Crippen LogP) is 4.29. The molecule has 0 aliphatic carbocycles. The second-order valence-electron chi connectivity index (χ2n) is 5.23. The maximum absolute atomic E-state index is 12.1. The Morgan fingerprint density at radius 2 is 1.79 bits per heavy atom. The minimum atomic E-state index is -0.428. The van der Waals surface area contributed by atoms with Gasteiger partial charge in [0.1, 0.15) is 0 Å². The Labute approximate surface area is 146 Å². The highest BCUT2D eigenvalue weighted by Crippen LogP contribution is 2.20. The Morgan fingerprint density at radius 1 is 1.08 bits per heavy atom. The second kappa shape index (κ2) is 9.13. The molecule has 1 N–H and O–H groups in total. The number of carbonyl (C=O) groups excluding carboxylic acids is 2. The molecule has 0 aliphatic rings. The summed E-state index contributed by atoms with van der Waals surface area (Å²) in [5.74, 6) is 0.130. The summed E-state index contributed by atoms with van der Waals surface area (Å²) in [6.45, 7) is 4.10. The van der Waals surface area contributed by atoms with E-state index < -0.39 is 5.97 Å². The summed E-state index contributed by atoms with van der Waals surface area (Å²) in [4.78, 5) is 25.1. The zero-order chi connectivity index (χ0) is 17.4. The van der Waals surface area contributed by atoms with Gasteiger partial charge in [-0.2, -0.15) is 0 Å². The van der Waals surface area contributed by atoms with Gasteiger partial charge < -0.3 is 10.1 Å². The van der Waals surface area contributed by atoms with Gasteiger partial charge in [-0.05, 0) is 38.1 Å². The molecule has 0 heterocycles. The first-order valence-electron chi connectivity index (χ1n) is 7.85. The molecule has 2 rings (SSSR count). The summed E-state index contributed by atoms with van der Waals surface area (Å²) in [6, 6.07) is 15.1. The number of anilines is 1. The highest BCUT2D eigenvalue weighted by Gasteiger charge is 2.13. The van der Waals surface area contributed by atoms with E-state index in [0.717, 1.165) is 4.90 Å². The van der Waals surface area contributed by atoms with Gasteiger partial charge in [0, 0.05) is 17.1 Å². The van der Waals surface area contributed by atoms with E-state index in [-0.39, 0.29) is 5.91 Å². The first-order valence-corrected chi connectivity index (χ1v) is 8.84. The molecule has 0 saturated heterocycles. The van der Waals surface area contributed by atoms with Crippen molar-refractivity contribution < 1.29 is 14.3 Å². The highest BCUT2D eigenvalue weighted by molar-refractivity contribution is 7.99. The summed E-state index contributed by atoms with van der Waals surface area (Å²) in [6.07, 6.45) is 0.371. The fraction of sp³-hybridized carbons (Fsp3) is 0.263. The van der Waals surface area contributed by atoms with Crippen molar-refractivity contribution in [1.82, 2.24) is 0 Å². The fourth-order valence-electron chi connectivity index (χ4n) is 2.09. The molecule has 0 bridgehead atoms. The standard InChI is InChI=1S/C19H21NO3S/c1-3-23-19(22)16-6-4-5-7-17(16)20-18(21)12-13-24-15-10-8-14(2)9-11-15/h4-11H,3,12-13H2,1-2H3,(H,20,21). The predicted molar refractivity (Wildman–Crippen MR) is 97.5 cm³/mol. The van der Waals surface area contributed by atoms with E-state index in [1.165, 1.54) is 5.56 Å². The van der Waals surface area contributed by atoms with Crippen LogP contribution in [0.5, 0.6) is 0 Å². The molecule has 0 saturated carbocycles. The van der Waals surface area contributed by atoms with E-state index in [1.807, 2.05) is 19.1 Å². The third-order valence-corrected chi connectivity index (χ3v) is 4.33. The Balaban J connectivity index is 1.88. The topological polar surface area (TPSA) is 55.4 Å². The molecule has 1 amide bonds. The van der Waals surface area contributed by atoms with Gasteiger partial charge in [0.15, 0.2) is 0 Å². The van der Waals surface area contributed by atoms with Gasteiger partial charge in [0.05, 0.1) is 17.9 Å². The lowest BCUT2D eigenvalue weighted by Gasteiger charge is -2.10. The number of para-hydroxylation sites is 1. The number of thioether (sulfide) groups is 1. The third kappa shape index (κ3) is 5.42. The monoisotopic (exact) mass is 343 g/mol. The van der Waals surface area contributed by atoms with E-state index >= 15 is 0 Å². The summed E-state index contributed by atoms with van der Waals surface area (Å²) in [5, 5.41) is 2.79. The van der Waals surface area contributed by atoms with Crippen molar-refractivity contribution in [2.75, 3.05) is 17.7 Å². The molecule has 0 aliphatic heterocycles. The molecule has 5 heteroatoms. The Morgan fingerprint density at radius 3 is 2.50 bits per heavy atom. The quantitative estimate of drug-likeness (QED) is 0.602. The van der Waals surface area contributed by atoms with Crippen LogP contribution in [0.25, 0.3) is 0 Å². The van der Waals surface area contributed by atoms with Crippen LogP contribution < -0.4 is 5.32 Å². The number of ether oxygens (including phenoxy) is 1. The normalized spacial score (nSPS) is 10.2. The number of carbonyl (C=O) groups is 2. The molecule has 4 nitrogen and oxygen atoms in total. The minimum absolute atomic E-state index is 0.119. The Kier molecular flexibility index (Phi) is 6.88. The number of rotatable bonds is 7. The fourth-order valence-corrected chi connectivity index (χ4v) is 2.94. The van der Waals surface area contributed by atoms with Crippen LogP contribution in [-0.2, 0) is 9.53 Å². The average molecular weight is 343 g/mol. The third-order valence-electron chi connectivity index (χ3n) is 3.32. The van der Waals surface area contributed by atoms with E-state index in [2.05, 4.69) is 17.4 Å². The molecule has 0 aromatic heterocycles. The van der Waals surface area contributed by atoms with E-state index in [1.54, 1.807) is 43.0 Å². The largest absolute Gasteiger partial charge is 0.462 e. The number of amides is 1. The van der Waals surface area contributed by atoms with Crippen molar-refractivity contribution in [2.24, 2.45) is 0 Å². The van der Waals surface area contributed by atoms with Crippen LogP contribution in [0, 0.1) is 6.92 Å². The molecule has 2 aromatic carbocycles. The number of nitrogens with one attached hydrogen (secondary N) is 1. The van der Waals surface area contributed by atoms with Crippen LogP contribution in [0.2, 0.25) is 0 Å². The van der Waals surface area contributed by atoms with Crippen LogP contribution in [0.1, 0.15) is 29.3 Å². The zero-order valence-corrected chi connectivity index (χ0v) is 14.7. The van der Waals surface area contributed by atoms with Gasteiger partial charge in [0.2, 0.25) is 5.91 Å². The summed E-state index contributed by atoms with van der Waals surface area (Å²) in [7, 11) is 0. The SMILES string of the molecule is CCOC(=O)c1ccccc1NC(=O)CCSc1ccc(C)cc1. The van der Waals surface area contributed by atoms with Crippen LogP contribution in [0.15, 0.2) is 53.4 Å². The van der Waals surface area contributed by atoms with Gasteiger partial charge in [-0.3, -0.25) is 4.79 Å². The second-order valence-corrected chi connectivity index (χ2v) is 6.39. The molecule has 0 unspecified atom stereocenters. The van der Waals surface area contributed by atoms with Crippen molar-refractivity contribution >= 4 is 29.3 Å².